The van der Waals surface area contributed by atoms with Crippen LogP contribution >= 0.6 is 0 Å². The van der Waals surface area contributed by atoms with Crippen molar-refractivity contribution in [1.29, 1.82) is 0 Å². The summed E-state index contributed by atoms with van der Waals surface area (Å²) < 4.78 is 9.85. The maximum atomic E-state index is 11.2. The molecule has 0 bridgehead atoms. The minimum absolute atomic E-state index is 0.333. The third-order valence-electron chi connectivity index (χ3n) is 1.68. The van der Waals surface area contributed by atoms with Gasteiger partial charge in [-0.3, -0.25) is 4.79 Å². The Morgan fingerprint density at radius 2 is 1.87 bits per heavy atom. The summed E-state index contributed by atoms with van der Waals surface area (Å²) in [6, 6.07) is 0. The molecule has 1 unspecified atom stereocenters. The topological polar surface area (TPSA) is 64.6 Å². The zero-order valence-electron chi connectivity index (χ0n) is 9.54. The second-order valence-electron chi connectivity index (χ2n) is 3.11. The van der Waals surface area contributed by atoms with Gasteiger partial charge in [0.05, 0.1) is 0 Å². The average Bonchev–Trinajstić information content (AvgIpc) is 2.18. The molecular weight excluding hydrogens is 198 g/mol. The molecule has 0 aliphatic rings. The summed E-state index contributed by atoms with van der Waals surface area (Å²) in [5.41, 5.74) is 0. The summed E-state index contributed by atoms with van der Waals surface area (Å²) in [4.78, 5) is 22.1. The van der Waals surface area contributed by atoms with Crippen molar-refractivity contribution in [2.75, 3.05) is 7.05 Å². The van der Waals surface area contributed by atoms with Crippen molar-refractivity contribution in [3.63, 3.8) is 0 Å². The van der Waals surface area contributed by atoms with E-state index >= 15 is 0 Å². The Morgan fingerprint density at radius 3 is 2.33 bits per heavy atom. The molecule has 0 aliphatic heterocycles. The van der Waals surface area contributed by atoms with Gasteiger partial charge in [0.15, 0.2) is 0 Å². The van der Waals surface area contributed by atoms with Crippen LogP contribution in [0.1, 0.15) is 39.5 Å². The highest BCUT2D eigenvalue weighted by Gasteiger charge is 2.16. The number of carbonyl (C=O) groups excluding carboxylic acids is 2. The molecular formula is C10H19NO4. The number of ether oxygens (including phenoxy) is 2. The number of hydrogen-bond donors (Lipinski definition) is 1. The summed E-state index contributed by atoms with van der Waals surface area (Å²) >= 11 is 0. The van der Waals surface area contributed by atoms with E-state index in [2.05, 4.69) is 5.32 Å². The van der Waals surface area contributed by atoms with Gasteiger partial charge in [0.2, 0.25) is 6.29 Å². The first kappa shape index (κ1) is 13.7. The van der Waals surface area contributed by atoms with Gasteiger partial charge in [-0.2, -0.15) is 0 Å². The number of carbonyl (C=O) groups is 2. The van der Waals surface area contributed by atoms with Crippen LogP contribution in [0, 0.1) is 0 Å². The summed E-state index contributed by atoms with van der Waals surface area (Å²) in [5, 5.41) is 2.31. The standard InChI is InChI=1S/C10H19NO4/c1-4-6-8(12)14-9(7-5-2)15-10(13)11-3/h9H,4-7H2,1-3H3,(H,11,13). The van der Waals surface area contributed by atoms with Crippen molar-refractivity contribution in [1.82, 2.24) is 5.32 Å². The molecule has 0 saturated heterocycles. The Hall–Kier alpha value is -1.26. The fourth-order valence-corrected chi connectivity index (χ4v) is 0.966. The first-order chi connectivity index (χ1) is 7.13. The molecule has 0 aromatic heterocycles. The maximum absolute atomic E-state index is 11.2. The van der Waals surface area contributed by atoms with Crippen LogP contribution in [0.2, 0.25) is 0 Å². The Kier molecular flexibility index (Phi) is 7.40. The molecule has 0 spiro atoms. The Labute approximate surface area is 90.1 Å². The summed E-state index contributed by atoms with van der Waals surface area (Å²) in [7, 11) is 1.46. The van der Waals surface area contributed by atoms with Crippen molar-refractivity contribution in [3.05, 3.63) is 0 Å². The van der Waals surface area contributed by atoms with Gasteiger partial charge in [0.25, 0.3) is 0 Å². The van der Waals surface area contributed by atoms with Gasteiger partial charge in [-0.05, 0) is 12.8 Å². The lowest BCUT2D eigenvalue weighted by Gasteiger charge is -2.17. The van der Waals surface area contributed by atoms with E-state index in [1.165, 1.54) is 7.05 Å². The molecule has 0 saturated carbocycles. The van der Waals surface area contributed by atoms with Crippen LogP contribution in [0.5, 0.6) is 0 Å². The Morgan fingerprint density at radius 1 is 1.20 bits per heavy atom. The second kappa shape index (κ2) is 8.08. The molecule has 15 heavy (non-hydrogen) atoms. The number of hydrogen-bond acceptors (Lipinski definition) is 4. The van der Waals surface area contributed by atoms with E-state index in [4.69, 9.17) is 9.47 Å². The van der Waals surface area contributed by atoms with E-state index in [0.29, 0.717) is 12.8 Å². The smallest absolute Gasteiger partial charge is 0.409 e. The number of rotatable bonds is 6. The van der Waals surface area contributed by atoms with E-state index in [9.17, 15) is 9.59 Å². The van der Waals surface area contributed by atoms with Crippen molar-refractivity contribution < 1.29 is 19.1 Å². The van der Waals surface area contributed by atoms with Gasteiger partial charge in [0, 0.05) is 19.9 Å². The van der Waals surface area contributed by atoms with Crippen LogP contribution in [0.4, 0.5) is 4.79 Å². The van der Waals surface area contributed by atoms with E-state index in [-0.39, 0.29) is 5.97 Å². The fraction of sp³-hybridized carbons (Fsp3) is 0.800. The van der Waals surface area contributed by atoms with E-state index in [0.717, 1.165) is 12.8 Å². The largest absolute Gasteiger partial charge is 0.425 e. The SMILES string of the molecule is CCCC(=O)OC(CCC)OC(=O)NC. The molecule has 0 fully saturated rings. The third-order valence-corrected chi connectivity index (χ3v) is 1.68. The predicted molar refractivity (Wildman–Crippen MR) is 55.2 cm³/mol. The van der Waals surface area contributed by atoms with Crippen LogP contribution < -0.4 is 5.32 Å². The van der Waals surface area contributed by atoms with Crippen LogP contribution in [0.15, 0.2) is 0 Å². The molecule has 5 nitrogen and oxygen atoms in total. The first-order valence-corrected chi connectivity index (χ1v) is 5.21. The molecule has 1 atom stereocenters. The fourth-order valence-electron chi connectivity index (χ4n) is 0.966. The zero-order chi connectivity index (χ0) is 11.7. The molecule has 0 heterocycles. The minimum atomic E-state index is -0.769. The first-order valence-electron chi connectivity index (χ1n) is 5.21. The van der Waals surface area contributed by atoms with Crippen LogP contribution in [0.3, 0.4) is 0 Å². The third kappa shape index (κ3) is 6.76. The highest BCUT2D eigenvalue weighted by atomic mass is 16.7. The van der Waals surface area contributed by atoms with Crippen molar-refractivity contribution >= 4 is 12.1 Å². The lowest BCUT2D eigenvalue weighted by Crippen LogP contribution is -2.29. The van der Waals surface area contributed by atoms with Crippen molar-refractivity contribution in [2.24, 2.45) is 0 Å². The van der Waals surface area contributed by atoms with Crippen LogP contribution in [-0.4, -0.2) is 25.4 Å². The maximum Gasteiger partial charge on any atom is 0.409 e. The molecule has 88 valence electrons. The molecule has 0 radical (unpaired) electrons. The van der Waals surface area contributed by atoms with Crippen molar-refractivity contribution in [2.45, 2.75) is 45.8 Å². The van der Waals surface area contributed by atoms with Gasteiger partial charge < -0.3 is 14.8 Å². The predicted octanol–water partition coefficient (Wildman–Crippen LogP) is 1.81. The lowest BCUT2D eigenvalue weighted by molar-refractivity contribution is -0.168. The van der Waals surface area contributed by atoms with E-state index in [1.54, 1.807) is 0 Å². The molecule has 1 amide bonds. The molecule has 1 N–H and O–H groups in total. The lowest BCUT2D eigenvalue weighted by atomic mass is 10.3. The highest BCUT2D eigenvalue weighted by Crippen LogP contribution is 2.06. The van der Waals surface area contributed by atoms with E-state index < -0.39 is 12.4 Å². The number of esters is 1. The Balaban J connectivity index is 4.02. The number of nitrogens with one attached hydrogen (secondary N) is 1. The van der Waals surface area contributed by atoms with Gasteiger partial charge in [-0.1, -0.05) is 13.8 Å². The molecule has 0 aliphatic carbocycles. The summed E-state index contributed by atoms with van der Waals surface area (Å²) in [5.74, 6) is -0.333. The molecule has 0 aromatic carbocycles. The second-order valence-corrected chi connectivity index (χ2v) is 3.11. The van der Waals surface area contributed by atoms with Gasteiger partial charge in [-0.15, -0.1) is 0 Å². The van der Waals surface area contributed by atoms with Crippen molar-refractivity contribution in [3.8, 4) is 0 Å². The minimum Gasteiger partial charge on any atom is -0.425 e. The van der Waals surface area contributed by atoms with Gasteiger partial charge >= 0.3 is 12.1 Å². The molecule has 0 rings (SSSR count). The quantitative estimate of drug-likeness (QED) is 0.544. The van der Waals surface area contributed by atoms with Gasteiger partial charge in [-0.25, -0.2) is 4.79 Å². The zero-order valence-corrected chi connectivity index (χ0v) is 9.54. The average molecular weight is 217 g/mol. The number of amides is 1. The molecule has 0 aromatic rings. The Bertz CT molecular complexity index is 206. The summed E-state index contributed by atoms with van der Waals surface area (Å²) in [6.45, 7) is 3.81. The normalized spacial score (nSPS) is 11.7. The van der Waals surface area contributed by atoms with E-state index in [1.807, 2.05) is 13.8 Å². The monoisotopic (exact) mass is 217 g/mol. The molecule has 5 heteroatoms. The number of alkyl carbamates (subject to hydrolysis) is 1. The summed E-state index contributed by atoms with van der Waals surface area (Å²) in [6.07, 6.45) is 1.01. The highest BCUT2D eigenvalue weighted by molar-refractivity contribution is 5.70. The van der Waals surface area contributed by atoms with Crippen LogP contribution in [0.25, 0.3) is 0 Å². The van der Waals surface area contributed by atoms with Gasteiger partial charge in [0.1, 0.15) is 0 Å². The van der Waals surface area contributed by atoms with Crippen LogP contribution in [-0.2, 0) is 14.3 Å².